The van der Waals surface area contributed by atoms with Crippen molar-refractivity contribution in [2.75, 3.05) is 13.7 Å². The molecule has 24 heavy (non-hydrogen) atoms. The molecule has 1 heterocycles. The van der Waals surface area contributed by atoms with Crippen LogP contribution in [0.1, 0.15) is 50.0 Å². The highest BCUT2D eigenvalue weighted by Gasteiger charge is 2.32. The van der Waals surface area contributed by atoms with Crippen molar-refractivity contribution in [2.24, 2.45) is 11.8 Å². The van der Waals surface area contributed by atoms with Gasteiger partial charge in [-0.1, -0.05) is 12.1 Å². The maximum Gasteiger partial charge on any atom is 0.200 e. The highest BCUT2D eigenvalue weighted by Crippen LogP contribution is 2.41. The molecule has 0 aromatic heterocycles. The van der Waals surface area contributed by atoms with Crippen molar-refractivity contribution in [2.45, 2.75) is 50.5 Å². The van der Waals surface area contributed by atoms with E-state index in [1.54, 1.807) is 6.07 Å². The molecule has 0 spiro atoms. The van der Waals surface area contributed by atoms with Crippen LogP contribution in [0.25, 0.3) is 0 Å². The molecule has 1 aromatic rings. The molecule has 1 aromatic carbocycles. The van der Waals surface area contributed by atoms with Crippen molar-refractivity contribution >= 4 is 0 Å². The number of ether oxygens (including phenoxy) is 2. The topological polar surface area (TPSA) is 18.5 Å². The molecular formula is C20H26F2O2. The van der Waals surface area contributed by atoms with Gasteiger partial charge in [-0.05, 0) is 62.0 Å². The summed E-state index contributed by atoms with van der Waals surface area (Å²) in [6.45, 7) is 4.61. The second-order valence-corrected chi connectivity index (χ2v) is 7.04. The lowest BCUT2D eigenvalue weighted by atomic mass is 9.75. The summed E-state index contributed by atoms with van der Waals surface area (Å²) < 4.78 is 39.1. The van der Waals surface area contributed by atoms with E-state index in [4.69, 9.17) is 9.47 Å². The molecule has 0 radical (unpaired) electrons. The first kappa shape index (κ1) is 17.4. The monoisotopic (exact) mass is 336 g/mol. The zero-order valence-electron chi connectivity index (χ0n) is 14.3. The predicted octanol–water partition coefficient (Wildman–Crippen LogP) is 5.23. The fourth-order valence-electron chi connectivity index (χ4n) is 4.17. The molecule has 2 atom stereocenters. The molecular weight excluding hydrogens is 310 g/mol. The van der Waals surface area contributed by atoms with Gasteiger partial charge in [0.25, 0.3) is 0 Å². The quantitative estimate of drug-likeness (QED) is 0.701. The SMILES string of the molecule is C=CC1CCC(C2CCC(c3ccc(OC)c(F)c3F)CC2)OC1. The van der Waals surface area contributed by atoms with E-state index in [-0.39, 0.29) is 11.7 Å². The Kier molecular flexibility index (Phi) is 5.54. The second-order valence-electron chi connectivity index (χ2n) is 7.04. The second kappa shape index (κ2) is 7.64. The summed E-state index contributed by atoms with van der Waals surface area (Å²) in [5.41, 5.74) is 0.489. The van der Waals surface area contributed by atoms with E-state index >= 15 is 0 Å². The van der Waals surface area contributed by atoms with Crippen molar-refractivity contribution in [3.8, 4) is 5.75 Å². The van der Waals surface area contributed by atoms with E-state index in [0.717, 1.165) is 45.1 Å². The predicted molar refractivity (Wildman–Crippen MR) is 90.3 cm³/mol. The van der Waals surface area contributed by atoms with Crippen molar-refractivity contribution in [1.29, 1.82) is 0 Å². The summed E-state index contributed by atoms with van der Waals surface area (Å²) >= 11 is 0. The molecule has 1 saturated carbocycles. The summed E-state index contributed by atoms with van der Waals surface area (Å²) in [5.74, 6) is -0.542. The van der Waals surface area contributed by atoms with E-state index in [2.05, 4.69) is 6.58 Å². The number of rotatable bonds is 4. The summed E-state index contributed by atoms with van der Waals surface area (Å²) in [5, 5.41) is 0. The summed E-state index contributed by atoms with van der Waals surface area (Å²) in [6, 6.07) is 3.20. The molecule has 2 unspecified atom stereocenters. The van der Waals surface area contributed by atoms with Gasteiger partial charge in [-0.25, -0.2) is 4.39 Å². The lowest BCUT2D eigenvalue weighted by Crippen LogP contribution is -2.33. The summed E-state index contributed by atoms with van der Waals surface area (Å²) in [6.07, 6.45) is 8.33. The van der Waals surface area contributed by atoms with Crippen LogP contribution in [0, 0.1) is 23.5 Å². The largest absolute Gasteiger partial charge is 0.494 e. The zero-order chi connectivity index (χ0) is 17.1. The Morgan fingerprint density at radius 3 is 2.42 bits per heavy atom. The van der Waals surface area contributed by atoms with Crippen LogP contribution in [0.4, 0.5) is 8.78 Å². The van der Waals surface area contributed by atoms with Gasteiger partial charge in [0.05, 0.1) is 19.8 Å². The molecule has 0 bridgehead atoms. The van der Waals surface area contributed by atoms with Gasteiger partial charge in [-0.3, -0.25) is 0 Å². The molecule has 2 nitrogen and oxygen atoms in total. The Labute approximate surface area is 142 Å². The molecule has 1 saturated heterocycles. The Bertz CT molecular complexity index is 571. The highest BCUT2D eigenvalue weighted by atomic mass is 19.2. The normalized spacial score (nSPS) is 30.8. The smallest absolute Gasteiger partial charge is 0.200 e. The number of halogens is 2. The third-order valence-corrected chi connectivity index (χ3v) is 5.71. The van der Waals surface area contributed by atoms with Gasteiger partial charge in [0.1, 0.15) is 0 Å². The van der Waals surface area contributed by atoms with Crippen LogP contribution in [0.5, 0.6) is 5.75 Å². The molecule has 0 amide bonds. The zero-order valence-corrected chi connectivity index (χ0v) is 14.3. The van der Waals surface area contributed by atoms with Gasteiger partial charge in [0.2, 0.25) is 5.82 Å². The Balaban J connectivity index is 1.59. The van der Waals surface area contributed by atoms with Gasteiger partial charge < -0.3 is 9.47 Å². The first-order valence-corrected chi connectivity index (χ1v) is 8.90. The van der Waals surface area contributed by atoms with Gasteiger partial charge >= 0.3 is 0 Å². The number of hydrogen-bond donors (Lipinski definition) is 0. The van der Waals surface area contributed by atoms with Crippen LogP contribution >= 0.6 is 0 Å². The lowest BCUT2D eigenvalue weighted by Gasteiger charge is -2.37. The Morgan fingerprint density at radius 1 is 1.08 bits per heavy atom. The number of methoxy groups -OCH3 is 1. The maximum absolute atomic E-state index is 14.3. The minimum atomic E-state index is -0.872. The van der Waals surface area contributed by atoms with Gasteiger partial charge in [-0.2, -0.15) is 4.39 Å². The molecule has 132 valence electrons. The van der Waals surface area contributed by atoms with Crippen LogP contribution < -0.4 is 4.74 Å². The van der Waals surface area contributed by atoms with Gasteiger partial charge in [0.15, 0.2) is 11.6 Å². The van der Waals surface area contributed by atoms with Crippen molar-refractivity contribution in [3.05, 3.63) is 42.0 Å². The molecule has 0 N–H and O–H groups in total. The van der Waals surface area contributed by atoms with Gasteiger partial charge in [0, 0.05) is 5.92 Å². The molecule has 1 aliphatic heterocycles. The highest BCUT2D eigenvalue weighted by molar-refractivity contribution is 5.33. The van der Waals surface area contributed by atoms with Crippen LogP contribution in [0.2, 0.25) is 0 Å². The minimum absolute atomic E-state index is 0.0303. The fraction of sp³-hybridized carbons (Fsp3) is 0.600. The summed E-state index contributed by atoms with van der Waals surface area (Å²) in [4.78, 5) is 0. The Morgan fingerprint density at radius 2 is 1.83 bits per heavy atom. The van der Waals surface area contributed by atoms with Crippen LogP contribution in [0.15, 0.2) is 24.8 Å². The standard InChI is InChI=1S/C20H26F2O2/c1-3-13-4-10-17(24-12-13)15-7-5-14(6-8-15)16-9-11-18(23-2)20(22)19(16)21/h3,9,11,13-15,17H,1,4-8,10,12H2,2H3. The van der Waals surface area contributed by atoms with Crippen LogP contribution in [0.3, 0.4) is 0 Å². The third kappa shape index (κ3) is 3.49. The van der Waals surface area contributed by atoms with Crippen LogP contribution in [-0.2, 0) is 4.74 Å². The average Bonchev–Trinajstić information content (AvgIpc) is 2.64. The molecule has 2 fully saturated rings. The van der Waals surface area contributed by atoms with E-state index in [1.807, 2.05) is 6.08 Å². The lowest BCUT2D eigenvalue weighted by molar-refractivity contribution is -0.0470. The van der Waals surface area contributed by atoms with E-state index < -0.39 is 11.6 Å². The summed E-state index contributed by atoms with van der Waals surface area (Å²) in [7, 11) is 1.35. The van der Waals surface area contributed by atoms with Crippen molar-refractivity contribution in [1.82, 2.24) is 0 Å². The average molecular weight is 336 g/mol. The Hall–Kier alpha value is -1.42. The van der Waals surface area contributed by atoms with Crippen molar-refractivity contribution < 1.29 is 18.3 Å². The fourth-order valence-corrected chi connectivity index (χ4v) is 4.17. The molecule has 4 heteroatoms. The van der Waals surface area contributed by atoms with Crippen LogP contribution in [-0.4, -0.2) is 19.8 Å². The van der Waals surface area contributed by atoms with E-state index in [0.29, 0.717) is 23.5 Å². The molecule has 2 aliphatic rings. The number of hydrogen-bond acceptors (Lipinski definition) is 2. The van der Waals surface area contributed by atoms with E-state index in [9.17, 15) is 8.78 Å². The van der Waals surface area contributed by atoms with E-state index in [1.165, 1.54) is 13.2 Å². The third-order valence-electron chi connectivity index (χ3n) is 5.71. The first-order chi connectivity index (χ1) is 11.6. The van der Waals surface area contributed by atoms with Crippen molar-refractivity contribution in [3.63, 3.8) is 0 Å². The molecule has 1 aliphatic carbocycles. The first-order valence-electron chi connectivity index (χ1n) is 8.90. The van der Waals surface area contributed by atoms with Gasteiger partial charge in [-0.15, -0.1) is 6.58 Å². The maximum atomic E-state index is 14.3. The molecule has 3 rings (SSSR count). The minimum Gasteiger partial charge on any atom is -0.494 e. The number of benzene rings is 1.